The van der Waals surface area contributed by atoms with E-state index < -0.39 is 5.91 Å². The molecule has 0 aliphatic heterocycles. The first-order valence-electron chi connectivity index (χ1n) is 6.31. The van der Waals surface area contributed by atoms with Gasteiger partial charge in [0, 0.05) is 5.02 Å². The Morgan fingerprint density at radius 1 is 1.20 bits per heavy atom. The highest BCUT2D eigenvalue weighted by Crippen LogP contribution is 2.20. The molecule has 2 aromatic carbocycles. The molecular weight excluding hydrogens is 277 g/mol. The topological polar surface area (TPSA) is 29.1 Å². The molecular formula is C16H15ClFNO. The van der Waals surface area contributed by atoms with Gasteiger partial charge in [-0.05, 0) is 41.7 Å². The van der Waals surface area contributed by atoms with Crippen molar-refractivity contribution in [1.29, 1.82) is 0 Å². The summed E-state index contributed by atoms with van der Waals surface area (Å²) in [6.45, 7) is 1.90. The highest BCUT2D eigenvalue weighted by Gasteiger charge is 2.08. The van der Waals surface area contributed by atoms with Gasteiger partial charge in [-0.25, -0.2) is 0 Å². The van der Waals surface area contributed by atoms with Crippen LogP contribution in [0.15, 0.2) is 42.5 Å². The molecule has 0 saturated heterocycles. The lowest BCUT2D eigenvalue weighted by Gasteiger charge is -2.09. The summed E-state index contributed by atoms with van der Waals surface area (Å²) in [5, 5.41) is 0.719. The predicted molar refractivity (Wildman–Crippen MR) is 78.4 cm³/mol. The van der Waals surface area contributed by atoms with E-state index in [-0.39, 0.29) is 6.42 Å². The number of benzene rings is 2. The molecule has 1 N–H and O–H groups in total. The molecule has 1 amide bonds. The van der Waals surface area contributed by atoms with E-state index in [4.69, 9.17) is 11.6 Å². The predicted octanol–water partition coefficient (Wildman–Crippen LogP) is 3.78. The average Bonchev–Trinajstić information content (AvgIpc) is 2.45. The van der Waals surface area contributed by atoms with Crippen LogP contribution in [0, 0.1) is 6.92 Å². The van der Waals surface area contributed by atoms with E-state index in [0.717, 1.165) is 32.8 Å². The molecule has 2 aromatic rings. The summed E-state index contributed by atoms with van der Waals surface area (Å²) in [5.74, 6) is -0.636. The van der Waals surface area contributed by atoms with Crippen LogP contribution in [0.25, 0.3) is 0 Å². The quantitative estimate of drug-likeness (QED) is 0.853. The minimum atomic E-state index is -0.636. The van der Waals surface area contributed by atoms with Gasteiger partial charge in [0.15, 0.2) is 0 Å². The van der Waals surface area contributed by atoms with Crippen LogP contribution < -0.4 is 5.54 Å². The lowest BCUT2D eigenvalue weighted by Crippen LogP contribution is -2.16. The van der Waals surface area contributed by atoms with Crippen LogP contribution in [-0.4, -0.2) is 5.91 Å². The smallest absolute Gasteiger partial charge is 0.252 e. The third-order valence-electron chi connectivity index (χ3n) is 3.22. The molecule has 0 unspecified atom stereocenters. The molecule has 0 aromatic heterocycles. The number of carbonyl (C=O) groups is 1. The summed E-state index contributed by atoms with van der Waals surface area (Å²) in [6, 6.07) is 13.5. The number of hydrogen-bond acceptors (Lipinski definition) is 1. The molecule has 0 aliphatic carbocycles. The van der Waals surface area contributed by atoms with Crippen LogP contribution in [0.2, 0.25) is 5.02 Å². The monoisotopic (exact) mass is 291 g/mol. The molecule has 0 bridgehead atoms. The van der Waals surface area contributed by atoms with E-state index in [9.17, 15) is 9.28 Å². The van der Waals surface area contributed by atoms with Gasteiger partial charge in [-0.3, -0.25) is 4.79 Å². The SMILES string of the molecule is Cc1ccc(Cc2ccccc2Cl)cc1CC(=O)NF. The van der Waals surface area contributed by atoms with Crippen molar-refractivity contribution in [1.82, 2.24) is 5.54 Å². The van der Waals surface area contributed by atoms with Crippen LogP contribution >= 0.6 is 11.6 Å². The summed E-state index contributed by atoms with van der Waals surface area (Å²) in [6.07, 6.45) is 0.725. The first kappa shape index (κ1) is 14.5. The summed E-state index contributed by atoms with van der Waals surface area (Å²) in [4.78, 5) is 11.1. The molecule has 0 heterocycles. The van der Waals surface area contributed by atoms with Crippen LogP contribution in [0.1, 0.15) is 22.3 Å². The molecule has 0 fully saturated rings. The van der Waals surface area contributed by atoms with Crippen molar-refractivity contribution in [3.8, 4) is 0 Å². The second-order valence-corrected chi connectivity index (χ2v) is 5.13. The number of rotatable bonds is 4. The van der Waals surface area contributed by atoms with Crippen molar-refractivity contribution in [2.24, 2.45) is 0 Å². The maximum Gasteiger partial charge on any atom is 0.252 e. The minimum Gasteiger partial charge on any atom is -0.272 e. The highest BCUT2D eigenvalue weighted by molar-refractivity contribution is 6.31. The van der Waals surface area contributed by atoms with Crippen molar-refractivity contribution in [2.45, 2.75) is 19.8 Å². The second-order valence-electron chi connectivity index (χ2n) is 4.72. The van der Waals surface area contributed by atoms with E-state index in [1.54, 1.807) is 0 Å². The summed E-state index contributed by atoms with van der Waals surface area (Å²) >= 11 is 6.14. The average molecular weight is 292 g/mol. The molecule has 2 rings (SSSR count). The number of aryl methyl sites for hydroxylation is 1. The third-order valence-corrected chi connectivity index (χ3v) is 3.59. The summed E-state index contributed by atoms with van der Waals surface area (Å²) in [7, 11) is 0. The third kappa shape index (κ3) is 3.58. The van der Waals surface area contributed by atoms with Gasteiger partial charge in [0.1, 0.15) is 0 Å². The number of hydrogen-bond donors (Lipinski definition) is 1. The largest absolute Gasteiger partial charge is 0.272 e. The first-order chi connectivity index (χ1) is 9.60. The molecule has 0 saturated carbocycles. The highest BCUT2D eigenvalue weighted by atomic mass is 35.5. The molecule has 2 nitrogen and oxygen atoms in total. The molecule has 0 atom stereocenters. The Labute approximate surface area is 122 Å². The minimum absolute atomic E-state index is 0.0404. The van der Waals surface area contributed by atoms with Crippen LogP contribution in [0.4, 0.5) is 4.48 Å². The van der Waals surface area contributed by atoms with E-state index in [1.165, 1.54) is 0 Å². The lowest BCUT2D eigenvalue weighted by atomic mass is 9.98. The Bertz CT molecular complexity index is 628. The van der Waals surface area contributed by atoms with Gasteiger partial charge in [0.25, 0.3) is 5.91 Å². The molecule has 20 heavy (non-hydrogen) atoms. The molecule has 4 heteroatoms. The zero-order valence-corrected chi connectivity index (χ0v) is 11.9. The fourth-order valence-electron chi connectivity index (χ4n) is 2.09. The lowest BCUT2D eigenvalue weighted by molar-refractivity contribution is -0.124. The fraction of sp³-hybridized carbons (Fsp3) is 0.188. The maximum absolute atomic E-state index is 12.1. The zero-order valence-electron chi connectivity index (χ0n) is 11.1. The number of nitrogens with one attached hydrogen (secondary N) is 1. The number of halogens is 2. The van der Waals surface area contributed by atoms with Crippen LogP contribution in [0.3, 0.4) is 0 Å². The molecule has 0 radical (unpaired) electrons. The van der Waals surface area contributed by atoms with Crippen LogP contribution in [-0.2, 0) is 17.6 Å². The summed E-state index contributed by atoms with van der Waals surface area (Å²) < 4.78 is 12.1. The van der Waals surface area contributed by atoms with Crippen molar-refractivity contribution in [3.05, 3.63) is 69.7 Å². The zero-order chi connectivity index (χ0) is 14.5. The Morgan fingerprint density at radius 2 is 1.95 bits per heavy atom. The van der Waals surface area contributed by atoms with Crippen LogP contribution in [0.5, 0.6) is 0 Å². The van der Waals surface area contributed by atoms with Gasteiger partial charge in [0.2, 0.25) is 0 Å². The first-order valence-corrected chi connectivity index (χ1v) is 6.69. The molecule has 0 aliphatic rings. The fourth-order valence-corrected chi connectivity index (χ4v) is 2.30. The number of amides is 1. The van der Waals surface area contributed by atoms with Crippen molar-refractivity contribution >= 4 is 17.5 Å². The van der Waals surface area contributed by atoms with Crippen molar-refractivity contribution in [2.75, 3.05) is 0 Å². The Kier molecular flexibility index (Phi) is 4.74. The van der Waals surface area contributed by atoms with E-state index in [0.29, 0.717) is 6.42 Å². The van der Waals surface area contributed by atoms with E-state index in [2.05, 4.69) is 0 Å². The Balaban J connectivity index is 2.23. The molecule has 104 valence electrons. The maximum atomic E-state index is 12.1. The van der Waals surface area contributed by atoms with Gasteiger partial charge < -0.3 is 0 Å². The van der Waals surface area contributed by atoms with Crippen molar-refractivity contribution in [3.63, 3.8) is 0 Å². The van der Waals surface area contributed by atoms with E-state index >= 15 is 0 Å². The van der Waals surface area contributed by atoms with Gasteiger partial charge >= 0.3 is 0 Å². The normalized spacial score (nSPS) is 10.3. The van der Waals surface area contributed by atoms with E-state index in [1.807, 2.05) is 49.4 Å². The second kappa shape index (κ2) is 6.53. The standard InChI is InChI=1S/C16H15ClFNO/c1-11-6-7-12(9-14(11)10-16(20)19-18)8-13-4-2-3-5-15(13)17/h2-7,9H,8,10H2,1H3,(H,19,20). The Morgan fingerprint density at radius 3 is 2.65 bits per heavy atom. The number of carbonyl (C=O) groups excluding carboxylic acids is 1. The van der Waals surface area contributed by atoms with Gasteiger partial charge in [-0.15, -0.1) is 4.48 Å². The molecule has 0 spiro atoms. The Hall–Kier alpha value is -1.87. The van der Waals surface area contributed by atoms with Gasteiger partial charge in [-0.1, -0.05) is 48.0 Å². The van der Waals surface area contributed by atoms with Gasteiger partial charge in [-0.2, -0.15) is 5.54 Å². The van der Waals surface area contributed by atoms with Gasteiger partial charge in [0.05, 0.1) is 6.42 Å². The summed E-state index contributed by atoms with van der Waals surface area (Å²) in [5.41, 5.74) is 5.03. The van der Waals surface area contributed by atoms with Crippen molar-refractivity contribution < 1.29 is 9.28 Å².